The Labute approximate surface area is 122 Å². The number of para-hydroxylation sites is 2. The van der Waals surface area contributed by atoms with Gasteiger partial charge >= 0.3 is 0 Å². The van der Waals surface area contributed by atoms with Crippen LogP contribution >= 0.6 is 11.6 Å². The first kappa shape index (κ1) is 12.8. The summed E-state index contributed by atoms with van der Waals surface area (Å²) in [6, 6.07) is 15.1. The number of ether oxygens (including phenoxy) is 1. The lowest BCUT2D eigenvalue weighted by Crippen LogP contribution is -2.26. The number of aliphatic imine (C=N–C) groups is 1. The molecule has 4 nitrogen and oxygen atoms in total. The summed E-state index contributed by atoms with van der Waals surface area (Å²) in [6.45, 7) is 1.60. The molecule has 102 valence electrons. The summed E-state index contributed by atoms with van der Waals surface area (Å²) in [4.78, 5) is 4.30. The molecule has 2 N–H and O–H groups in total. The number of guanidine groups is 1. The molecule has 0 aromatic heterocycles. The summed E-state index contributed by atoms with van der Waals surface area (Å²) in [5, 5.41) is 6.92. The maximum absolute atomic E-state index is 6.25. The maximum atomic E-state index is 6.25. The summed E-state index contributed by atoms with van der Waals surface area (Å²) in [7, 11) is 0. The van der Waals surface area contributed by atoms with Crippen molar-refractivity contribution in [3.05, 3.63) is 53.6 Å². The van der Waals surface area contributed by atoms with Gasteiger partial charge in [-0.2, -0.15) is 0 Å². The van der Waals surface area contributed by atoms with Crippen LogP contribution in [0.5, 0.6) is 11.5 Å². The van der Waals surface area contributed by atoms with Crippen molar-refractivity contribution in [2.75, 3.05) is 18.4 Å². The van der Waals surface area contributed by atoms with Crippen molar-refractivity contribution in [3.8, 4) is 11.5 Å². The summed E-state index contributed by atoms with van der Waals surface area (Å²) in [5.74, 6) is 2.15. The number of nitrogens with zero attached hydrogens (tertiary/aromatic N) is 1. The fraction of sp³-hybridized carbons (Fsp3) is 0.133. The smallest absolute Gasteiger partial charge is 0.196 e. The van der Waals surface area contributed by atoms with E-state index in [1.54, 1.807) is 0 Å². The van der Waals surface area contributed by atoms with Gasteiger partial charge in [0.05, 0.1) is 11.6 Å². The van der Waals surface area contributed by atoms with Crippen molar-refractivity contribution in [1.82, 2.24) is 5.32 Å². The van der Waals surface area contributed by atoms with Gasteiger partial charge in [0.1, 0.15) is 11.4 Å². The third-order valence-corrected chi connectivity index (χ3v) is 3.18. The van der Waals surface area contributed by atoms with Crippen LogP contribution in [0.25, 0.3) is 0 Å². The Morgan fingerprint density at radius 1 is 1.10 bits per heavy atom. The van der Waals surface area contributed by atoms with Gasteiger partial charge in [0.25, 0.3) is 0 Å². The number of benzene rings is 2. The van der Waals surface area contributed by atoms with Gasteiger partial charge in [0, 0.05) is 6.54 Å². The largest absolute Gasteiger partial charge is 0.455 e. The monoisotopic (exact) mass is 287 g/mol. The number of hydrogen-bond donors (Lipinski definition) is 2. The molecule has 0 fully saturated rings. The molecule has 1 aliphatic heterocycles. The Morgan fingerprint density at radius 2 is 1.95 bits per heavy atom. The van der Waals surface area contributed by atoms with E-state index in [4.69, 9.17) is 16.3 Å². The minimum atomic E-state index is 0.592. The first-order valence-corrected chi connectivity index (χ1v) is 6.77. The fourth-order valence-corrected chi connectivity index (χ4v) is 2.14. The summed E-state index contributed by atoms with van der Waals surface area (Å²) < 4.78 is 5.87. The molecule has 3 rings (SSSR count). The summed E-state index contributed by atoms with van der Waals surface area (Å²) in [6.07, 6.45) is 0. The van der Waals surface area contributed by atoms with Crippen LogP contribution in [-0.2, 0) is 0 Å². The van der Waals surface area contributed by atoms with Crippen LogP contribution in [0.15, 0.2) is 53.5 Å². The van der Waals surface area contributed by atoms with Crippen molar-refractivity contribution in [2.24, 2.45) is 4.99 Å². The molecule has 1 aliphatic rings. The number of anilines is 1. The Balaban J connectivity index is 1.88. The molecule has 1 heterocycles. The summed E-state index contributed by atoms with van der Waals surface area (Å²) >= 11 is 6.25. The summed E-state index contributed by atoms with van der Waals surface area (Å²) in [5.41, 5.74) is 0.714. The topological polar surface area (TPSA) is 45.6 Å². The number of halogens is 1. The number of nitrogens with one attached hydrogen (secondary N) is 2. The van der Waals surface area contributed by atoms with E-state index in [0.29, 0.717) is 16.5 Å². The van der Waals surface area contributed by atoms with Gasteiger partial charge in [-0.15, -0.1) is 0 Å². The molecule has 0 aliphatic carbocycles. The van der Waals surface area contributed by atoms with E-state index >= 15 is 0 Å². The van der Waals surface area contributed by atoms with Crippen LogP contribution in [0, 0.1) is 0 Å². The second-order valence-corrected chi connectivity index (χ2v) is 4.72. The van der Waals surface area contributed by atoms with Crippen molar-refractivity contribution in [1.29, 1.82) is 0 Å². The van der Waals surface area contributed by atoms with Crippen LogP contribution in [0.4, 0.5) is 5.69 Å². The van der Waals surface area contributed by atoms with Crippen LogP contribution in [0.3, 0.4) is 0 Å². The van der Waals surface area contributed by atoms with Gasteiger partial charge in [-0.3, -0.25) is 4.99 Å². The minimum Gasteiger partial charge on any atom is -0.455 e. The quantitative estimate of drug-likeness (QED) is 0.908. The molecule has 20 heavy (non-hydrogen) atoms. The van der Waals surface area contributed by atoms with Crippen molar-refractivity contribution >= 4 is 23.2 Å². The molecule has 5 heteroatoms. The third-order valence-electron chi connectivity index (χ3n) is 2.86. The van der Waals surface area contributed by atoms with E-state index < -0.39 is 0 Å². The van der Waals surface area contributed by atoms with E-state index in [0.717, 1.165) is 24.8 Å². The van der Waals surface area contributed by atoms with Crippen LogP contribution < -0.4 is 15.4 Å². The zero-order valence-corrected chi connectivity index (χ0v) is 11.5. The molecule has 2 aromatic carbocycles. The normalized spacial score (nSPS) is 13.6. The second-order valence-electron chi connectivity index (χ2n) is 4.31. The highest BCUT2D eigenvalue weighted by Crippen LogP contribution is 2.35. The molecule has 0 saturated carbocycles. The van der Waals surface area contributed by atoms with E-state index in [2.05, 4.69) is 15.6 Å². The van der Waals surface area contributed by atoms with Crippen LogP contribution in [0.2, 0.25) is 5.02 Å². The predicted octanol–water partition coefficient (Wildman–Crippen LogP) is 3.50. The van der Waals surface area contributed by atoms with E-state index in [1.807, 2.05) is 48.5 Å². The van der Waals surface area contributed by atoms with Gasteiger partial charge in [0.15, 0.2) is 11.7 Å². The van der Waals surface area contributed by atoms with E-state index in [9.17, 15) is 0 Å². The molecular weight excluding hydrogens is 274 g/mol. The highest BCUT2D eigenvalue weighted by Gasteiger charge is 2.13. The number of hydrogen-bond acceptors (Lipinski definition) is 4. The van der Waals surface area contributed by atoms with Gasteiger partial charge in [-0.25, -0.2) is 0 Å². The van der Waals surface area contributed by atoms with Gasteiger partial charge in [-0.05, 0) is 24.3 Å². The fourth-order valence-electron chi connectivity index (χ4n) is 1.93. The van der Waals surface area contributed by atoms with Crippen LogP contribution in [-0.4, -0.2) is 19.0 Å². The van der Waals surface area contributed by atoms with Crippen molar-refractivity contribution in [3.63, 3.8) is 0 Å². The lowest BCUT2D eigenvalue weighted by atomic mass is 10.3. The second kappa shape index (κ2) is 5.84. The highest BCUT2D eigenvalue weighted by atomic mass is 35.5. The van der Waals surface area contributed by atoms with Crippen molar-refractivity contribution in [2.45, 2.75) is 0 Å². The average molecular weight is 288 g/mol. The first-order chi connectivity index (χ1) is 9.83. The zero-order valence-electron chi connectivity index (χ0n) is 10.8. The average Bonchev–Trinajstić information content (AvgIpc) is 2.97. The van der Waals surface area contributed by atoms with E-state index in [1.165, 1.54) is 0 Å². The predicted molar refractivity (Wildman–Crippen MR) is 81.9 cm³/mol. The molecule has 0 radical (unpaired) electrons. The Hall–Kier alpha value is -2.20. The third kappa shape index (κ3) is 2.86. The zero-order chi connectivity index (χ0) is 13.8. The van der Waals surface area contributed by atoms with Gasteiger partial charge in [0.2, 0.25) is 0 Å². The van der Waals surface area contributed by atoms with Crippen molar-refractivity contribution < 1.29 is 4.74 Å². The maximum Gasteiger partial charge on any atom is 0.196 e. The van der Waals surface area contributed by atoms with Crippen LogP contribution in [0.1, 0.15) is 0 Å². The first-order valence-electron chi connectivity index (χ1n) is 6.40. The lowest BCUT2D eigenvalue weighted by molar-refractivity contribution is 0.485. The molecule has 0 unspecified atom stereocenters. The molecule has 2 aromatic rings. The Morgan fingerprint density at radius 3 is 2.70 bits per heavy atom. The number of rotatable bonds is 3. The molecule has 0 amide bonds. The molecule has 0 atom stereocenters. The van der Waals surface area contributed by atoms with Gasteiger partial charge in [-0.1, -0.05) is 35.9 Å². The molecular formula is C15H14ClN3O. The highest BCUT2D eigenvalue weighted by molar-refractivity contribution is 6.34. The SMILES string of the molecule is Clc1cccc(Oc2ccccc2)c1NC1=NCCN1. The molecule has 0 saturated heterocycles. The van der Waals surface area contributed by atoms with Gasteiger partial charge < -0.3 is 15.4 Å². The molecule has 0 bridgehead atoms. The lowest BCUT2D eigenvalue weighted by Gasteiger charge is -2.14. The Kier molecular flexibility index (Phi) is 3.74. The minimum absolute atomic E-state index is 0.592. The Bertz CT molecular complexity index is 628. The molecule has 0 spiro atoms. The standard InChI is InChI=1S/C15H14ClN3O/c16-12-7-4-8-13(20-11-5-2-1-3-6-11)14(12)19-15-17-9-10-18-15/h1-8H,9-10H2,(H2,17,18,19). The van der Waals surface area contributed by atoms with E-state index in [-0.39, 0.29) is 0 Å².